The van der Waals surface area contributed by atoms with E-state index in [4.69, 9.17) is 0 Å². The Kier molecular flexibility index (Phi) is 2.83. The first-order chi connectivity index (χ1) is 10.6. The highest BCUT2D eigenvalue weighted by Crippen LogP contribution is 2.33. The van der Waals surface area contributed by atoms with Crippen LogP contribution in [0.15, 0.2) is 48.8 Å². The zero-order valence-corrected chi connectivity index (χ0v) is 12.8. The van der Waals surface area contributed by atoms with E-state index in [1.54, 1.807) is 6.92 Å². The number of hydrogen-bond donors (Lipinski definition) is 0. The molecule has 0 atom stereocenters. The largest absolute Gasteiger partial charge is 0.323 e. The van der Waals surface area contributed by atoms with Crippen LogP contribution in [0.1, 0.15) is 18.1 Å². The Morgan fingerprint density at radius 2 is 2.00 bits per heavy atom. The standard InChI is InChI=1S/C19H18N2O/c1-13-4-3-8-20-12-17(11-19(13)20)15-5-6-18-16(10-15)7-9-21(18)14(2)22/h3-6,8,10-12H,7,9H2,1-2H3. The van der Waals surface area contributed by atoms with Gasteiger partial charge in [-0.1, -0.05) is 12.1 Å². The second-order valence-corrected chi connectivity index (χ2v) is 5.98. The summed E-state index contributed by atoms with van der Waals surface area (Å²) in [6.45, 7) is 4.56. The van der Waals surface area contributed by atoms with Crippen LogP contribution >= 0.6 is 0 Å². The van der Waals surface area contributed by atoms with E-state index in [0.29, 0.717) is 0 Å². The summed E-state index contributed by atoms with van der Waals surface area (Å²) in [5.74, 6) is 0.122. The number of hydrogen-bond acceptors (Lipinski definition) is 1. The molecule has 1 aliphatic heterocycles. The maximum Gasteiger partial charge on any atom is 0.223 e. The van der Waals surface area contributed by atoms with Crippen molar-refractivity contribution in [2.24, 2.45) is 0 Å². The van der Waals surface area contributed by atoms with Gasteiger partial charge in [-0.15, -0.1) is 0 Å². The molecule has 0 fully saturated rings. The Morgan fingerprint density at radius 3 is 2.77 bits per heavy atom. The summed E-state index contributed by atoms with van der Waals surface area (Å²) in [6.07, 6.45) is 5.19. The van der Waals surface area contributed by atoms with Crippen molar-refractivity contribution in [1.29, 1.82) is 0 Å². The van der Waals surface area contributed by atoms with Gasteiger partial charge >= 0.3 is 0 Å². The molecule has 0 bridgehead atoms. The Balaban J connectivity index is 1.80. The number of aryl methyl sites for hydroxylation is 1. The molecule has 22 heavy (non-hydrogen) atoms. The maximum atomic E-state index is 11.6. The monoisotopic (exact) mass is 290 g/mol. The quantitative estimate of drug-likeness (QED) is 0.668. The van der Waals surface area contributed by atoms with Crippen molar-refractivity contribution in [2.45, 2.75) is 20.3 Å². The molecule has 4 rings (SSSR count). The second kappa shape index (κ2) is 4.73. The predicted octanol–water partition coefficient (Wildman–Crippen LogP) is 3.82. The van der Waals surface area contributed by atoms with E-state index in [-0.39, 0.29) is 5.91 Å². The molecule has 110 valence electrons. The Morgan fingerprint density at radius 1 is 1.14 bits per heavy atom. The molecule has 3 heterocycles. The molecular formula is C19H18N2O. The highest BCUT2D eigenvalue weighted by Gasteiger charge is 2.22. The van der Waals surface area contributed by atoms with E-state index < -0.39 is 0 Å². The van der Waals surface area contributed by atoms with Crippen LogP contribution in [0.2, 0.25) is 0 Å². The molecular weight excluding hydrogens is 272 g/mol. The Hall–Kier alpha value is -2.55. The molecule has 0 saturated heterocycles. The molecule has 0 spiro atoms. The predicted molar refractivity (Wildman–Crippen MR) is 89.3 cm³/mol. The fourth-order valence-electron chi connectivity index (χ4n) is 3.35. The molecule has 1 aliphatic rings. The van der Waals surface area contributed by atoms with Crippen molar-refractivity contribution in [3.05, 3.63) is 59.9 Å². The molecule has 0 saturated carbocycles. The minimum atomic E-state index is 0.122. The fourth-order valence-corrected chi connectivity index (χ4v) is 3.35. The van der Waals surface area contributed by atoms with Crippen LogP contribution in [0.3, 0.4) is 0 Å². The van der Waals surface area contributed by atoms with Gasteiger partial charge in [0.05, 0.1) is 0 Å². The number of benzene rings is 1. The van der Waals surface area contributed by atoms with Crippen molar-refractivity contribution < 1.29 is 4.79 Å². The molecule has 1 aromatic carbocycles. The Bertz CT molecular complexity index is 892. The molecule has 1 amide bonds. The van der Waals surface area contributed by atoms with Crippen molar-refractivity contribution in [1.82, 2.24) is 4.40 Å². The van der Waals surface area contributed by atoms with E-state index in [9.17, 15) is 4.79 Å². The van der Waals surface area contributed by atoms with Gasteiger partial charge in [-0.2, -0.15) is 0 Å². The van der Waals surface area contributed by atoms with Crippen LogP contribution < -0.4 is 4.90 Å². The molecule has 3 nitrogen and oxygen atoms in total. The summed E-state index contributed by atoms with van der Waals surface area (Å²) in [5, 5.41) is 0. The highest BCUT2D eigenvalue weighted by atomic mass is 16.2. The van der Waals surface area contributed by atoms with Crippen molar-refractivity contribution in [3.63, 3.8) is 0 Å². The van der Waals surface area contributed by atoms with E-state index >= 15 is 0 Å². The third-order valence-electron chi connectivity index (χ3n) is 4.53. The Labute approximate surface area is 129 Å². The van der Waals surface area contributed by atoms with E-state index in [1.807, 2.05) is 4.90 Å². The number of amides is 1. The number of carbonyl (C=O) groups excluding carboxylic acids is 1. The lowest BCUT2D eigenvalue weighted by Gasteiger charge is -2.14. The maximum absolute atomic E-state index is 11.6. The minimum absolute atomic E-state index is 0.122. The van der Waals surface area contributed by atoms with Crippen LogP contribution in [0, 0.1) is 6.92 Å². The third-order valence-corrected chi connectivity index (χ3v) is 4.53. The summed E-state index contributed by atoms with van der Waals surface area (Å²) in [5.41, 5.74) is 7.28. The van der Waals surface area contributed by atoms with Crippen LogP contribution in [0.5, 0.6) is 0 Å². The summed E-state index contributed by atoms with van der Waals surface area (Å²) < 4.78 is 2.17. The number of nitrogens with zero attached hydrogens (tertiary/aromatic N) is 2. The van der Waals surface area contributed by atoms with Gasteiger partial charge in [0, 0.05) is 42.6 Å². The number of anilines is 1. The molecule has 0 N–H and O–H groups in total. The summed E-state index contributed by atoms with van der Waals surface area (Å²) in [4.78, 5) is 13.5. The van der Waals surface area contributed by atoms with E-state index in [1.165, 1.54) is 27.8 Å². The molecule has 0 aliphatic carbocycles. The minimum Gasteiger partial charge on any atom is -0.323 e. The van der Waals surface area contributed by atoms with Crippen LogP contribution in [-0.2, 0) is 11.2 Å². The van der Waals surface area contributed by atoms with Crippen molar-refractivity contribution >= 4 is 17.1 Å². The van der Waals surface area contributed by atoms with Gasteiger partial charge in [0.15, 0.2) is 0 Å². The molecule has 0 unspecified atom stereocenters. The average Bonchev–Trinajstić information content (AvgIpc) is 3.11. The van der Waals surface area contributed by atoms with Crippen LogP contribution in [0.25, 0.3) is 16.6 Å². The van der Waals surface area contributed by atoms with Gasteiger partial charge in [0.25, 0.3) is 0 Å². The van der Waals surface area contributed by atoms with Gasteiger partial charge in [-0.05, 0) is 54.3 Å². The highest BCUT2D eigenvalue weighted by molar-refractivity contribution is 5.94. The van der Waals surface area contributed by atoms with E-state index in [0.717, 1.165) is 18.7 Å². The number of rotatable bonds is 1. The first-order valence-electron chi connectivity index (χ1n) is 7.62. The number of fused-ring (bicyclic) bond motifs is 2. The molecule has 3 heteroatoms. The van der Waals surface area contributed by atoms with E-state index in [2.05, 4.69) is 60.1 Å². The van der Waals surface area contributed by atoms with Crippen LogP contribution in [-0.4, -0.2) is 16.9 Å². The average molecular weight is 290 g/mol. The first-order valence-corrected chi connectivity index (χ1v) is 7.62. The zero-order chi connectivity index (χ0) is 15.3. The third kappa shape index (κ3) is 1.93. The van der Waals surface area contributed by atoms with Gasteiger partial charge in [-0.25, -0.2) is 0 Å². The van der Waals surface area contributed by atoms with Crippen LogP contribution in [0.4, 0.5) is 5.69 Å². The lowest BCUT2D eigenvalue weighted by Crippen LogP contribution is -2.25. The topological polar surface area (TPSA) is 24.7 Å². The molecule has 0 radical (unpaired) electrons. The first kappa shape index (κ1) is 13.1. The number of pyridine rings is 1. The van der Waals surface area contributed by atoms with Gasteiger partial charge in [-0.3, -0.25) is 4.79 Å². The van der Waals surface area contributed by atoms with Gasteiger partial charge in [0.1, 0.15) is 0 Å². The molecule has 3 aromatic rings. The smallest absolute Gasteiger partial charge is 0.223 e. The normalized spacial score (nSPS) is 13.6. The second-order valence-electron chi connectivity index (χ2n) is 5.98. The molecule has 2 aromatic heterocycles. The summed E-state index contributed by atoms with van der Waals surface area (Å²) >= 11 is 0. The summed E-state index contributed by atoms with van der Waals surface area (Å²) in [6, 6.07) is 12.8. The fraction of sp³-hybridized carbons (Fsp3) is 0.211. The number of carbonyl (C=O) groups is 1. The zero-order valence-electron chi connectivity index (χ0n) is 12.8. The number of aromatic nitrogens is 1. The summed E-state index contributed by atoms with van der Waals surface area (Å²) in [7, 11) is 0. The lowest BCUT2D eigenvalue weighted by molar-refractivity contribution is -0.116. The van der Waals surface area contributed by atoms with Gasteiger partial charge < -0.3 is 9.30 Å². The SMILES string of the molecule is CC(=O)N1CCc2cc(-c3cc4c(C)cccn4c3)ccc21. The van der Waals surface area contributed by atoms with Crippen molar-refractivity contribution in [2.75, 3.05) is 11.4 Å². The van der Waals surface area contributed by atoms with Crippen molar-refractivity contribution in [3.8, 4) is 11.1 Å². The van der Waals surface area contributed by atoms with Gasteiger partial charge in [0.2, 0.25) is 5.91 Å². The lowest BCUT2D eigenvalue weighted by atomic mass is 10.0.